The summed E-state index contributed by atoms with van der Waals surface area (Å²) in [6.45, 7) is 0.0258. The highest BCUT2D eigenvalue weighted by atomic mass is 35.5. The summed E-state index contributed by atoms with van der Waals surface area (Å²) in [6, 6.07) is 3.30. The Morgan fingerprint density at radius 1 is 1.38 bits per heavy atom. The molecule has 7 nitrogen and oxygen atoms in total. The van der Waals surface area contributed by atoms with Crippen molar-refractivity contribution in [3.05, 3.63) is 33.3 Å². The van der Waals surface area contributed by atoms with Gasteiger partial charge >= 0.3 is 0 Å². The maximum atomic E-state index is 12.4. The Kier molecular flexibility index (Phi) is 3.25. The van der Waals surface area contributed by atoms with Crippen LogP contribution in [-0.4, -0.2) is 41.4 Å². The molecule has 0 radical (unpaired) electrons. The van der Waals surface area contributed by atoms with Gasteiger partial charge in [-0.1, -0.05) is 11.6 Å². The zero-order chi connectivity index (χ0) is 15.4. The highest BCUT2D eigenvalue weighted by Gasteiger charge is 2.55. The van der Waals surface area contributed by atoms with Crippen LogP contribution in [0.2, 0.25) is 5.02 Å². The van der Waals surface area contributed by atoms with Crippen molar-refractivity contribution in [1.82, 2.24) is 4.31 Å². The van der Waals surface area contributed by atoms with Crippen molar-refractivity contribution in [2.24, 2.45) is 5.92 Å². The number of nitro groups is 1. The summed E-state index contributed by atoms with van der Waals surface area (Å²) in [5, 5.41) is 20.9. The van der Waals surface area contributed by atoms with E-state index in [-0.39, 0.29) is 34.6 Å². The number of nitro benzene ring substituents is 1. The first-order chi connectivity index (χ1) is 9.74. The second-order valence-electron chi connectivity index (χ2n) is 5.52. The summed E-state index contributed by atoms with van der Waals surface area (Å²) in [4.78, 5) is 9.79. The largest absolute Gasteiger partial charge is 0.387 e. The summed E-state index contributed by atoms with van der Waals surface area (Å²) in [5.41, 5.74) is -1.30. The van der Waals surface area contributed by atoms with Crippen LogP contribution in [0, 0.1) is 16.0 Å². The number of β-amino-alcohol motifs (C(OH)–C–C–N with tert-alkyl or cyclic N) is 1. The zero-order valence-electron chi connectivity index (χ0n) is 10.9. The number of sulfonamides is 1. The summed E-state index contributed by atoms with van der Waals surface area (Å²) in [6.07, 6.45) is 1.81. The fraction of sp³-hybridized carbons (Fsp3) is 0.500. The van der Waals surface area contributed by atoms with Crippen LogP contribution in [0.3, 0.4) is 0 Å². The molecule has 1 N–H and O–H groups in total. The van der Waals surface area contributed by atoms with E-state index in [9.17, 15) is 23.6 Å². The lowest BCUT2D eigenvalue weighted by atomic mass is 9.91. The SMILES string of the molecule is O=[N+]([O-])c1ccc(Cl)c(S(=O)(=O)N2CC(O)(C3CC3)C2)c1. The number of nitrogens with zero attached hydrogens (tertiary/aromatic N) is 2. The van der Waals surface area contributed by atoms with Crippen LogP contribution in [0.15, 0.2) is 23.1 Å². The number of benzene rings is 1. The molecule has 0 atom stereocenters. The number of rotatable bonds is 4. The number of hydrogen-bond acceptors (Lipinski definition) is 5. The van der Waals surface area contributed by atoms with E-state index in [4.69, 9.17) is 11.6 Å². The fourth-order valence-corrected chi connectivity index (χ4v) is 4.62. The Morgan fingerprint density at radius 3 is 2.52 bits per heavy atom. The number of hydrogen-bond donors (Lipinski definition) is 1. The van der Waals surface area contributed by atoms with Crippen molar-refractivity contribution in [2.45, 2.75) is 23.3 Å². The van der Waals surface area contributed by atoms with E-state index in [0.717, 1.165) is 29.3 Å². The highest BCUT2D eigenvalue weighted by molar-refractivity contribution is 7.89. The van der Waals surface area contributed by atoms with E-state index in [2.05, 4.69) is 0 Å². The third kappa shape index (κ3) is 2.42. The maximum absolute atomic E-state index is 12.4. The lowest BCUT2D eigenvalue weighted by Crippen LogP contribution is -2.64. The molecular formula is C12H13ClN2O5S. The minimum absolute atomic E-state index is 0.0129. The third-order valence-electron chi connectivity index (χ3n) is 3.98. The molecule has 1 aliphatic carbocycles. The molecule has 0 spiro atoms. The molecule has 9 heteroatoms. The van der Waals surface area contributed by atoms with Crippen molar-refractivity contribution in [2.75, 3.05) is 13.1 Å². The van der Waals surface area contributed by atoms with Crippen molar-refractivity contribution in [3.63, 3.8) is 0 Å². The zero-order valence-corrected chi connectivity index (χ0v) is 12.5. The Morgan fingerprint density at radius 2 is 2.00 bits per heavy atom. The third-order valence-corrected chi connectivity index (χ3v) is 6.25. The predicted molar refractivity (Wildman–Crippen MR) is 74.5 cm³/mol. The van der Waals surface area contributed by atoms with E-state index in [1.807, 2.05) is 0 Å². The van der Waals surface area contributed by atoms with Crippen LogP contribution in [0.5, 0.6) is 0 Å². The molecule has 1 saturated carbocycles. The summed E-state index contributed by atoms with van der Waals surface area (Å²) >= 11 is 5.87. The lowest BCUT2D eigenvalue weighted by Gasteiger charge is -2.45. The maximum Gasteiger partial charge on any atom is 0.270 e. The summed E-state index contributed by atoms with van der Waals surface area (Å²) in [7, 11) is -3.93. The first-order valence-corrected chi connectivity index (χ1v) is 8.22. The molecule has 0 aromatic heterocycles. The summed E-state index contributed by atoms with van der Waals surface area (Å²) in [5.74, 6) is 0.157. The lowest BCUT2D eigenvalue weighted by molar-refractivity contribution is -0.385. The standard InChI is InChI=1S/C12H13ClN2O5S/c13-10-4-3-9(15(17)18)5-11(10)21(19,20)14-6-12(16,7-14)8-1-2-8/h3-5,8,16H,1-2,6-7H2. The minimum Gasteiger partial charge on any atom is -0.387 e. The van der Waals surface area contributed by atoms with Gasteiger partial charge in [-0.25, -0.2) is 8.42 Å². The Hall–Kier alpha value is -1.22. The average Bonchev–Trinajstić information content (AvgIpc) is 3.19. The molecule has 1 heterocycles. The van der Waals surface area contributed by atoms with Gasteiger partial charge in [-0.05, 0) is 24.8 Å². The molecule has 21 heavy (non-hydrogen) atoms. The normalized spacial score (nSPS) is 21.8. The Balaban J connectivity index is 1.89. The van der Waals surface area contributed by atoms with E-state index in [1.165, 1.54) is 6.07 Å². The summed E-state index contributed by atoms with van der Waals surface area (Å²) < 4.78 is 26.0. The van der Waals surface area contributed by atoms with Crippen molar-refractivity contribution in [1.29, 1.82) is 0 Å². The number of halogens is 1. The van der Waals surface area contributed by atoms with Gasteiger partial charge in [-0.3, -0.25) is 10.1 Å². The molecule has 3 rings (SSSR count). The van der Waals surface area contributed by atoms with Gasteiger partial charge in [0.15, 0.2) is 0 Å². The van der Waals surface area contributed by atoms with E-state index < -0.39 is 20.5 Å². The Labute approximate surface area is 126 Å². The van der Waals surface area contributed by atoms with Crippen LogP contribution in [0.1, 0.15) is 12.8 Å². The molecule has 1 saturated heterocycles. The molecule has 1 aromatic carbocycles. The van der Waals surface area contributed by atoms with Crippen molar-refractivity contribution < 1.29 is 18.4 Å². The van der Waals surface area contributed by atoms with Gasteiger partial charge in [0.1, 0.15) is 4.90 Å². The van der Waals surface area contributed by atoms with Gasteiger partial charge in [-0.2, -0.15) is 4.31 Å². The second kappa shape index (κ2) is 4.64. The molecular weight excluding hydrogens is 320 g/mol. The smallest absolute Gasteiger partial charge is 0.270 e. The predicted octanol–water partition coefficient (Wildman–Crippen LogP) is 1.39. The molecule has 0 bridgehead atoms. The van der Waals surface area contributed by atoms with Gasteiger partial charge in [-0.15, -0.1) is 0 Å². The average molecular weight is 333 g/mol. The first kappa shape index (κ1) is 14.7. The second-order valence-corrected chi connectivity index (χ2v) is 7.84. The highest BCUT2D eigenvalue weighted by Crippen LogP contribution is 2.46. The van der Waals surface area contributed by atoms with E-state index in [0.29, 0.717) is 0 Å². The molecule has 0 unspecified atom stereocenters. The first-order valence-electron chi connectivity index (χ1n) is 6.40. The van der Waals surface area contributed by atoms with Crippen LogP contribution in [0.25, 0.3) is 0 Å². The Bertz CT molecular complexity index is 710. The van der Waals surface area contributed by atoms with Gasteiger partial charge < -0.3 is 5.11 Å². The van der Waals surface area contributed by atoms with Gasteiger partial charge in [0.25, 0.3) is 5.69 Å². The van der Waals surface area contributed by atoms with Crippen molar-refractivity contribution >= 4 is 27.3 Å². The quantitative estimate of drug-likeness (QED) is 0.663. The molecule has 1 aliphatic heterocycles. The molecule has 0 amide bonds. The molecule has 2 fully saturated rings. The fourth-order valence-electron chi connectivity index (χ4n) is 2.56. The molecule has 2 aliphatic rings. The topological polar surface area (TPSA) is 101 Å². The number of non-ortho nitro benzene ring substituents is 1. The molecule has 114 valence electrons. The van der Waals surface area contributed by atoms with Crippen molar-refractivity contribution in [3.8, 4) is 0 Å². The van der Waals surface area contributed by atoms with E-state index in [1.54, 1.807) is 0 Å². The molecule has 1 aromatic rings. The van der Waals surface area contributed by atoms with Gasteiger partial charge in [0, 0.05) is 25.2 Å². The van der Waals surface area contributed by atoms with Crippen LogP contribution in [-0.2, 0) is 10.0 Å². The monoisotopic (exact) mass is 332 g/mol. The minimum atomic E-state index is -3.93. The van der Waals surface area contributed by atoms with Crippen LogP contribution >= 0.6 is 11.6 Å². The van der Waals surface area contributed by atoms with Crippen LogP contribution < -0.4 is 0 Å². The number of aliphatic hydroxyl groups is 1. The van der Waals surface area contributed by atoms with Crippen LogP contribution in [0.4, 0.5) is 5.69 Å². The van der Waals surface area contributed by atoms with Gasteiger partial charge in [0.2, 0.25) is 10.0 Å². The van der Waals surface area contributed by atoms with Gasteiger partial charge in [0.05, 0.1) is 15.5 Å². The van der Waals surface area contributed by atoms with E-state index >= 15 is 0 Å².